The standard InChI is InChI=1S/C16H16F2N4O2/c1-2-10(22-16(24)12-4-6-20-9-14(12)18)7-21-15(23)11-3-5-19-8-13(11)17/h3-6,8-10H,2,7H2,1H3,(H,21,23)(H,22,24)/t10-/m0/s1. The van der Waals surface area contributed by atoms with Gasteiger partial charge in [-0.25, -0.2) is 8.78 Å². The van der Waals surface area contributed by atoms with Crippen molar-refractivity contribution in [2.75, 3.05) is 6.54 Å². The molecule has 126 valence electrons. The zero-order valence-corrected chi connectivity index (χ0v) is 12.9. The number of carbonyl (C=O) groups excluding carboxylic acids is 2. The molecule has 0 aliphatic rings. The Hall–Kier alpha value is -2.90. The normalized spacial score (nSPS) is 11.6. The quantitative estimate of drug-likeness (QED) is 0.842. The fraction of sp³-hybridized carbons (Fsp3) is 0.250. The number of carbonyl (C=O) groups is 2. The highest BCUT2D eigenvalue weighted by molar-refractivity contribution is 5.95. The summed E-state index contributed by atoms with van der Waals surface area (Å²) in [5.74, 6) is -2.68. The Morgan fingerprint density at radius 1 is 1.04 bits per heavy atom. The number of aromatic nitrogens is 2. The summed E-state index contributed by atoms with van der Waals surface area (Å²) in [4.78, 5) is 31.1. The van der Waals surface area contributed by atoms with Gasteiger partial charge in [-0.05, 0) is 18.6 Å². The average molecular weight is 334 g/mol. The molecule has 24 heavy (non-hydrogen) atoms. The van der Waals surface area contributed by atoms with E-state index in [1.165, 1.54) is 24.5 Å². The van der Waals surface area contributed by atoms with Crippen LogP contribution in [0.1, 0.15) is 34.1 Å². The third-order valence-electron chi connectivity index (χ3n) is 3.37. The molecule has 1 atom stereocenters. The van der Waals surface area contributed by atoms with Crippen molar-refractivity contribution in [3.05, 3.63) is 59.7 Å². The first kappa shape index (κ1) is 17.5. The Kier molecular flexibility index (Phi) is 5.89. The first-order chi connectivity index (χ1) is 11.5. The maximum absolute atomic E-state index is 13.5. The minimum atomic E-state index is -0.731. The van der Waals surface area contributed by atoms with Gasteiger partial charge in [0.2, 0.25) is 0 Å². The van der Waals surface area contributed by atoms with Crippen LogP contribution in [0.15, 0.2) is 36.9 Å². The molecule has 0 saturated heterocycles. The van der Waals surface area contributed by atoms with Crippen LogP contribution in [-0.4, -0.2) is 34.4 Å². The number of hydrogen-bond acceptors (Lipinski definition) is 4. The highest BCUT2D eigenvalue weighted by atomic mass is 19.1. The molecule has 2 N–H and O–H groups in total. The van der Waals surface area contributed by atoms with E-state index in [1.807, 2.05) is 0 Å². The fourth-order valence-corrected chi connectivity index (χ4v) is 1.99. The number of halogens is 2. The van der Waals surface area contributed by atoms with E-state index in [0.29, 0.717) is 6.42 Å². The predicted octanol–water partition coefficient (Wildman–Crippen LogP) is 1.69. The Morgan fingerprint density at radius 2 is 1.58 bits per heavy atom. The predicted molar refractivity (Wildman–Crippen MR) is 82.3 cm³/mol. The largest absolute Gasteiger partial charge is 0.350 e. The average Bonchev–Trinajstić information content (AvgIpc) is 2.58. The van der Waals surface area contributed by atoms with Crippen LogP contribution in [0.2, 0.25) is 0 Å². The van der Waals surface area contributed by atoms with E-state index >= 15 is 0 Å². The number of nitrogens with one attached hydrogen (secondary N) is 2. The van der Waals surface area contributed by atoms with Crippen molar-refractivity contribution in [1.29, 1.82) is 0 Å². The third-order valence-corrected chi connectivity index (χ3v) is 3.37. The number of amides is 2. The summed E-state index contributed by atoms with van der Waals surface area (Å²) in [5, 5.41) is 5.15. The van der Waals surface area contributed by atoms with Crippen LogP contribution in [0.3, 0.4) is 0 Å². The Balaban J connectivity index is 1.95. The van der Waals surface area contributed by atoms with Crippen LogP contribution in [0.4, 0.5) is 8.78 Å². The highest BCUT2D eigenvalue weighted by Crippen LogP contribution is 2.06. The van der Waals surface area contributed by atoms with Gasteiger partial charge in [-0.2, -0.15) is 0 Å². The highest BCUT2D eigenvalue weighted by Gasteiger charge is 2.17. The summed E-state index contributed by atoms with van der Waals surface area (Å²) in [6.07, 6.45) is 5.01. The Morgan fingerprint density at radius 3 is 2.08 bits per heavy atom. The van der Waals surface area contributed by atoms with Gasteiger partial charge in [0.1, 0.15) is 0 Å². The molecule has 0 aliphatic carbocycles. The van der Waals surface area contributed by atoms with E-state index in [4.69, 9.17) is 0 Å². The minimum absolute atomic E-state index is 0.0789. The summed E-state index contributed by atoms with van der Waals surface area (Å²) >= 11 is 0. The molecule has 0 spiro atoms. The van der Waals surface area contributed by atoms with E-state index in [-0.39, 0.29) is 17.7 Å². The molecular weight excluding hydrogens is 318 g/mol. The topological polar surface area (TPSA) is 84.0 Å². The lowest BCUT2D eigenvalue weighted by atomic mass is 10.1. The first-order valence-corrected chi connectivity index (χ1v) is 7.31. The van der Waals surface area contributed by atoms with Gasteiger partial charge in [0.05, 0.1) is 23.5 Å². The summed E-state index contributed by atoms with van der Waals surface area (Å²) in [7, 11) is 0. The Bertz CT molecular complexity index is 740. The second-order valence-electron chi connectivity index (χ2n) is 5.00. The molecule has 2 rings (SSSR count). The van der Waals surface area contributed by atoms with E-state index in [1.54, 1.807) is 6.92 Å². The van der Waals surface area contributed by atoms with Gasteiger partial charge in [0, 0.05) is 25.0 Å². The lowest BCUT2D eigenvalue weighted by molar-refractivity contribution is 0.0903. The van der Waals surface area contributed by atoms with E-state index < -0.39 is 29.5 Å². The molecular formula is C16H16F2N4O2. The van der Waals surface area contributed by atoms with E-state index in [0.717, 1.165) is 12.4 Å². The van der Waals surface area contributed by atoms with Gasteiger partial charge in [-0.15, -0.1) is 0 Å². The van der Waals surface area contributed by atoms with Crippen molar-refractivity contribution in [2.45, 2.75) is 19.4 Å². The molecule has 6 nitrogen and oxygen atoms in total. The molecule has 0 aromatic carbocycles. The summed E-state index contributed by atoms with van der Waals surface area (Å²) in [5.41, 5.74) is -0.263. The molecule has 0 saturated carbocycles. The van der Waals surface area contributed by atoms with Crippen LogP contribution in [-0.2, 0) is 0 Å². The zero-order valence-electron chi connectivity index (χ0n) is 12.9. The smallest absolute Gasteiger partial charge is 0.254 e. The number of pyridine rings is 2. The number of rotatable bonds is 6. The van der Waals surface area contributed by atoms with Crippen LogP contribution in [0.25, 0.3) is 0 Å². The molecule has 0 radical (unpaired) electrons. The SMILES string of the molecule is CC[C@@H](CNC(=O)c1ccncc1F)NC(=O)c1ccncc1F. The van der Waals surface area contributed by atoms with Crippen molar-refractivity contribution in [1.82, 2.24) is 20.6 Å². The van der Waals surface area contributed by atoms with E-state index in [2.05, 4.69) is 20.6 Å². The van der Waals surface area contributed by atoms with Gasteiger partial charge in [0.15, 0.2) is 11.6 Å². The molecule has 2 amide bonds. The van der Waals surface area contributed by atoms with Gasteiger partial charge in [0.25, 0.3) is 11.8 Å². The van der Waals surface area contributed by atoms with Crippen molar-refractivity contribution < 1.29 is 18.4 Å². The van der Waals surface area contributed by atoms with Gasteiger partial charge >= 0.3 is 0 Å². The summed E-state index contributed by atoms with van der Waals surface area (Å²) in [6.45, 7) is 1.88. The van der Waals surface area contributed by atoms with E-state index in [9.17, 15) is 18.4 Å². The second-order valence-corrected chi connectivity index (χ2v) is 5.00. The minimum Gasteiger partial charge on any atom is -0.350 e. The monoisotopic (exact) mass is 334 g/mol. The number of hydrogen-bond donors (Lipinski definition) is 2. The second kappa shape index (κ2) is 8.09. The zero-order chi connectivity index (χ0) is 17.5. The van der Waals surface area contributed by atoms with Crippen LogP contribution < -0.4 is 10.6 Å². The third kappa shape index (κ3) is 4.31. The number of nitrogens with zero attached hydrogens (tertiary/aromatic N) is 2. The molecule has 8 heteroatoms. The van der Waals surface area contributed by atoms with Crippen molar-refractivity contribution in [3.63, 3.8) is 0 Å². The van der Waals surface area contributed by atoms with Crippen molar-refractivity contribution in [3.8, 4) is 0 Å². The van der Waals surface area contributed by atoms with Gasteiger partial charge < -0.3 is 10.6 Å². The van der Waals surface area contributed by atoms with Crippen LogP contribution in [0, 0.1) is 11.6 Å². The maximum Gasteiger partial charge on any atom is 0.254 e. The van der Waals surface area contributed by atoms with Crippen LogP contribution >= 0.6 is 0 Å². The maximum atomic E-state index is 13.5. The summed E-state index contributed by atoms with van der Waals surface area (Å²) < 4.78 is 27.0. The van der Waals surface area contributed by atoms with Gasteiger partial charge in [-0.1, -0.05) is 6.92 Å². The molecule has 2 aromatic rings. The van der Waals surface area contributed by atoms with Crippen molar-refractivity contribution >= 4 is 11.8 Å². The summed E-state index contributed by atoms with van der Waals surface area (Å²) in [6, 6.07) is 2.10. The first-order valence-electron chi connectivity index (χ1n) is 7.31. The fourth-order valence-electron chi connectivity index (χ4n) is 1.99. The Labute approximate surface area is 137 Å². The molecule has 0 unspecified atom stereocenters. The molecule has 0 fully saturated rings. The molecule has 2 aromatic heterocycles. The van der Waals surface area contributed by atoms with Gasteiger partial charge in [-0.3, -0.25) is 19.6 Å². The van der Waals surface area contributed by atoms with Crippen LogP contribution in [0.5, 0.6) is 0 Å². The lowest BCUT2D eigenvalue weighted by Crippen LogP contribution is -2.43. The van der Waals surface area contributed by atoms with Crippen molar-refractivity contribution in [2.24, 2.45) is 0 Å². The molecule has 0 aliphatic heterocycles. The molecule has 2 heterocycles. The lowest BCUT2D eigenvalue weighted by Gasteiger charge is -2.18. The molecule has 0 bridgehead atoms.